The molecule has 0 saturated carbocycles. The summed E-state index contributed by atoms with van der Waals surface area (Å²) in [7, 11) is 2.18. The first-order valence-corrected chi connectivity index (χ1v) is 10.2. The van der Waals surface area contributed by atoms with Crippen LogP contribution in [0.4, 0.5) is 0 Å². The van der Waals surface area contributed by atoms with Crippen molar-refractivity contribution in [2.45, 2.75) is 38.1 Å². The second-order valence-corrected chi connectivity index (χ2v) is 8.87. The van der Waals surface area contributed by atoms with Crippen LogP contribution in [-0.2, 0) is 4.79 Å². The van der Waals surface area contributed by atoms with E-state index >= 15 is 0 Å². The van der Waals surface area contributed by atoms with Crippen LogP contribution in [0, 0.1) is 5.92 Å². The van der Waals surface area contributed by atoms with Crippen LogP contribution in [0.2, 0.25) is 0 Å². The highest BCUT2D eigenvalue weighted by Crippen LogP contribution is 2.23. The Kier molecular flexibility index (Phi) is 6.57. The van der Waals surface area contributed by atoms with Crippen molar-refractivity contribution in [1.29, 1.82) is 0 Å². The van der Waals surface area contributed by atoms with E-state index in [0.29, 0.717) is 11.8 Å². The minimum absolute atomic E-state index is 0.404. The molecule has 1 amide bonds. The van der Waals surface area contributed by atoms with Gasteiger partial charge in [0.25, 0.3) is 0 Å². The monoisotopic (exact) mass is 434 g/mol. The van der Waals surface area contributed by atoms with Gasteiger partial charge in [-0.3, -0.25) is 9.69 Å². The number of halogens is 1. The third kappa shape index (κ3) is 5.03. The molecule has 0 aromatic carbocycles. The van der Waals surface area contributed by atoms with Gasteiger partial charge in [0.2, 0.25) is 5.91 Å². The lowest BCUT2D eigenvalue weighted by molar-refractivity contribution is -0.134. The van der Waals surface area contributed by atoms with Gasteiger partial charge in [-0.15, -0.1) is 0 Å². The normalized spacial score (nSPS) is 27.5. The van der Waals surface area contributed by atoms with Gasteiger partial charge < -0.3 is 9.80 Å². The molecular weight excluding hydrogens is 403 g/mol. The molecule has 23 heavy (non-hydrogen) atoms. The number of piperazine rings is 1. The Balaban J connectivity index is 1.39. The van der Waals surface area contributed by atoms with Gasteiger partial charge in [-0.2, -0.15) is 0 Å². The predicted molar refractivity (Wildman–Crippen MR) is 102 cm³/mol. The fraction of sp³-hybridized carbons (Fsp3) is 0.941. The molecule has 0 aromatic heterocycles. The smallest absolute Gasteiger partial charge is 0.222 e. The van der Waals surface area contributed by atoms with Crippen LogP contribution >= 0.6 is 22.9 Å². The third-order valence-electron chi connectivity index (χ3n) is 5.89. The van der Waals surface area contributed by atoms with Crippen molar-refractivity contribution in [3.05, 3.63) is 0 Å². The molecule has 0 N–H and O–H groups in total. The van der Waals surface area contributed by atoms with Crippen LogP contribution in [0.25, 0.3) is 0 Å². The fourth-order valence-electron chi connectivity index (χ4n) is 4.18. The number of rotatable bonds is 3. The summed E-state index contributed by atoms with van der Waals surface area (Å²) in [6.45, 7) is 8.76. The van der Waals surface area contributed by atoms with Crippen molar-refractivity contribution in [2.24, 2.45) is 5.92 Å². The van der Waals surface area contributed by atoms with E-state index in [0.717, 1.165) is 51.7 Å². The van der Waals surface area contributed by atoms with Gasteiger partial charge in [0.1, 0.15) is 0 Å². The van der Waals surface area contributed by atoms with Gasteiger partial charge in [0.05, 0.1) is 0 Å². The minimum Gasteiger partial charge on any atom is -0.340 e. The molecule has 3 fully saturated rings. The van der Waals surface area contributed by atoms with Crippen molar-refractivity contribution >= 4 is 28.8 Å². The Hall–Kier alpha value is 0.0800. The molecule has 3 aliphatic heterocycles. The molecule has 3 heterocycles. The summed E-state index contributed by atoms with van der Waals surface area (Å²) in [5, 5.41) is 0. The topological polar surface area (TPSA) is 30.0 Å². The SMILES string of the molecule is CN1CCC(CC(=O)N2CCN(C3CCN(I)CC3)CC2)CC1. The Morgan fingerprint density at radius 1 is 0.913 bits per heavy atom. The molecule has 3 saturated heterocycles. The maximum absolute atomic E-state index is 12.6. The lowest BCUT2D eigenvalue weighted by Gasteiger charge is -2.42. The molecule has 0 atom stereocenters. The van der Waals surface area contributed by atoms with E-state index < -0.39 is 0 Å². The number of likely N-dealkylation sites (tertiary alicyclic amines) is 1. The number of amides is 1. The zero-order valence-electron chi connectivity index (χ0n) is 14.4. The van der Waals surface area contributed by atoms with Gasteiger partial charge >= 0.3 is 0 Å². The first-order chi connectivity index (χ1) is 11.1. The Morgan fingerprint density at radius 2 is 1.52 bits per heavy atom. The molecule has 132 valence electrons. The summed E-state index contributed by atoms with van der Waals surface area (Å²) in [6.07, 6.45) is 5.73. The fourth-order valence-corrected chi connectivity index (χ4v) is 4.74. The van der Waals surface area contributed by atoms with Crippen LogP contribution in [-0.4, -0.2) is 89.2 Å². The van der Waals surface area contributed by atoms with Crippen LogP contribution in [0.15, 0.2) is 0 Å². The van der Waals surface area contributed by atoms with Gasteiger partial charge in [-0.25, -0.2) is 3.11 Å². The number of nitrogens with zero attached hydrogens (tertiary/aromatic N) is 4. The molecule has 0 aliphatic carbocycles. The lowest BCUT2D eigenvalue weighted by Crippen LogP contribution is -2.54. The van der Waals surface area contributed by atoms with Crippen LogP contribution < -0.4 is 0 Å². The number of piperidine rings is 2. The van der Waals surface area contributed by atoms with E-state index in [4.69, 9.17) is 0 Å². The summed E-state index contributed by atoms with van der Waals surface area (Å²) >= 11 is 2.44. The summed E-state index contributed by atoms with van der Waals surface area (Å²) in [6, 6.07) is 0.743. The minimum atomic E-state index is 0.404. The molecule has 0 spiro atoms. The van der Waals surface area contributed by atoms with Crippen molar-refractivity contribution < 1.29 is 4.79 Å². The largest absolute Gasteiger partial charge is 0.340 e. The van der Waals surface area contributed by atoms with Crippen molar-refractivity contribution in [2.75, 3.05) is 59.4 Å². The molecule has 3 aliphatic rings. The lowest BCUT2D eigenvalue weighted by atomic mass is 9.93. The average molecular weight is 434 g/mol. The quantitative estimate of drug-likeness (QED) is 0.500. The summed E-state index contributed by atoms with van der Waals surface area (Å²) in [5.74, 6) is 1.02. The number of hydrogen-bond donors (Lipinski definition) is 0. The highest BCUT2D eigenvalue weighted by molar-refractivity contribution is 14.1. The highest BCUT2D eigenvalue weighted by Gasteiger charge is 2.29. The van der Waals surface area contributed by atoms with E-state index in [2.05, 4.69) is 47.7 Å². The predicted octanol–water partition coefficient (Wildman–Crippen LogP) is 1.68. The van der Waals surface area contributed by atoms with Crippen molar-refractivity contribution in [1.82, 2.24) is 17.8 Å². The van der Waals surface area contributed by atoms with E-state index in [-0.39, 0.29) is 0 Å². The average Bonchev–Trinajstić information content (AvgIpc) is 2.58. The van der Waals surface area contributed by atoms with Gasteiger partial charge in [0, 0.05) is 74.6 Å². The van der Waals surface area contributed by atoms with E-state index in [9.17, 15) is 4.79 Å². The molecule has 6 heteroatoms. The standard InChI is InChI=1S/C17H31IN4O/c1-19-6-2-15(3-7-19)14-17(23)21-12-10-20(11-13-21)16-4-8-22(18)9-5-16/h15-16H,2-14H2,1H3. The van der Waals surface area contributed by atoms with Crippen molar-refractivity contribution in [3.8, 4) is 0 Å². The Labute approximate surface area is 154 Å². The van der Waals surface area contributed by atoms with Crippen LogP contribution in [0.1, 0.15) is 32.1 Å². The maximum Gasteiger partial charge on any atom is 0.222 e. The van der Waals surface area contributed by atoms with E-state index in [1.165, 1.54) is 38.8 Å². The van der Waals surface area contributed by atoms with Gasteiger partial charge in [0.15, 0.2) is 0 Å². The second-order valence-electron chi connectivity index (χ2n) is 7.51. The van der Waals surface area contributed by atoms with Crippen LogP contribution in [0.3, 0.4) is 0 Å². The highest BCUT2D eigenvalue weighted by atomic mass is 127. The number of hydrogen-bond acceptors (Lipinski definition) is 4. The van der Waals surface area contributed by atoms with Crippen LogP contribution in [0.5, 0.6) is 0 Å². The van der Waals surface area contributed by atoms with E-state index in [1.807, 2.05) is 0 Å². The molecule has 5 nitrogen and oxygen atoms in total. The van der Waals surface area contributed by atoms with Gasteiger partial charge in [-0.1, -0.05) is 0 Å². The first kappa shape index (κ1) is 17.9. The summed E-state index contributed by atoms with van der Waals surface area (Å²) in [4.78, 5) is 19.7. The zero-order valence-corrected chi connectivity index (χ0v) is 16.6. The molecule has 0 unspecified atom stereocenters. The summed E-state index contributed by atoms with van der Waals surface area (Å²) in [5.41, 5.74) is 0. The van der Waals surface area contributed by atoms with Gasteiger partial charge in [-0.05, 0) is 51.7 Å². The molecular formula is C17H31IN4O. The third-order valence-corrected chi connectivity index (χ3v) is 6.86. The molecule has 3 rings (SSSR count). The molecule has 0 radical (unpaired) electrons. The Bertz CT molecular complexity index is 384. The second kappa shape index (κ2) is 8.45. The number of carbonyl (C=O) groups is 1. The summed E-state index contributed by atoms with van der Waals surface area (Å²) < 4.78 is 2.40. The van der Waals surface area contributed by atoms with E-state index in [1.54, 1.807) is 0 Å². The first-order valence-electron chi connectivity index (χ1n) is 9.23. The van der Waals surface area contributed by atoms with Crippen molar-refractivity contribution in [3.63, 3.8) is 0 Å². The Morgan fingerprint density at radius 3 is 2.13 bits per heavy atom. The maximum atomic E-state index is 12.6. The zero-order chi connectivity index (χ0) is 16.2. The molecule has 0 bridgehead atoms. The molecule has 0 aromatic rings. The number of carbonyl (C=O) groups excluding carboxylic acids is 1.